The molecule has 15 heteroatoms. The van der Waals surface area contributed by atoms with E-state index in [0.717, 1.165) is 11.3 Å². The van der Waals surface area contributed by atoms with Crippen molar-refractivity contribution in [1.82, 2.24) is 14.4 Å². The van der Waals surface area contributed by atoms with Crippen LogP contribution in [0.4, 0.5) is 5.69 Å². The highest BCUT2D eigenvalue weighted by molar-refractivity contribution is 7.92. The zero-order chi connectivity index (χ0) is 29.4. The molecule has 1 aliphatic rings. The summed E-state index contributed by atoms with van der Waals surface area (Å²) in [4.78, 5) is 15.1. The van der Waals surface area contributed by atoms with Gasteiger partial charge < -0.3 is 19.3 Å². The monoisotopic (exact) mass is 612 g/mol. The molecule has 2 N–H and O–H groups in total. The molecule has 1 amide bonds. The molecule has 3 atom stereocenters. The van der Waals surface area contributed by atoms with E-state index < -0.39 is 38.1 Å². The summed E-state index contributed by atoms with van der Waals surface area (Å²) in [5.74, 6) is -0.486. The summed E-state index contributed by atoms with van der Waals surface area (Å²) in [6, 6.07) is 6.92. The number of fused-ring (bicyclic) bond motifs is 1. The second kappa shape index (κ2) is 11.5. The summed E-state index contributed by atoms with van der Waals surface area (Å²) in [6.07, 6.45) is -0.662. The van der Waals surface area contributed by atoms with Crippen LogP contribution in [0.15, 0.2) is 49.3 Å². The van der Waals surface area contributed by atoms with Crippen molar-refractivity contribution in [3.8, 4) is 5.75 Å². The van der Waals surface area contributed by atoms with Crippen LogP contribution < -0.4 is 9.46 Å². The lowest BCUT2D eigenvalue weighted by Crippen LogP contribution is -2.50. The lowest BCUT2D eigenvalue weighted by molar-refractivity contribution is 0.0387. The van der Waals surface area contributed by atoms with Crippen LogP contribution in [-0.4, -0.2) is 81.1 Å². The van der Waals surface area contributed by atoms with Gasteiger partial charge in [-0.1, -0.05) is 18.1 Å². The van der Waals surface area contributed by atoms with Crippen molar-refractivity contribution < 1.29 is 36.0 Å². The van der Waals surface area contributed by atoms with Gasteiger partial charge in [-0.2, -0.15) is 4.31 Å². The van der Waals surface area contributed by atoms with Gasteiger partial charge in [0, 0.05) is 25.2 Å². The molecule has 2 aromatic heterocycles. The van der Waals surface area contributed by atoms with Crippen LogP contribution in [0.2, 0.25) is 0 Å². The third kappa shape index (κ3) is 5.88. The maximum atomic E-state index is 13.7. The summed E-state index contributed by atoms with van der Waals surface area (Å²) in [5, 5.41) is 15.3. The zero-order valence-corrected chi connectivity index (χ0v) is 25.1. The molecule has 0 unspecified atom stereocenters. The van der Waals surface area contributed by atoms with E-state index in [0.29, 0.717) is 0 Å². The van der Waals surface area contributed by atoms with Crippen LogP contribution in [0, 0.1) is 19.8 Å². The van der Waals surface area contributed by atoms with E-state index in [4.69, 9.17) is 9.26 Å². The Kier molecular flexibility index (Phi) is 8.61. The Labute approximate surface area is 237 Å². The van der Waals surface area contributed by atoms with Crippen molar-refractivity contribution in [2.45, 2.75) is 48.9 Å². The van der Waals surface area contributed by atoms with E-state index >= 15 is 0 Å². The number of benzene rings is 1. The number of thiophene rings is 1. The highest BCUT2D eigenvalue weighted by atomic mass is 32.2. The molecule has 1 aromatic carbocycles. The van der Waals surface area contributed by atoms with Crippen molar-refractivity contribution >= 4 is 43.0 Å². The fourth-order valence-corrected chi connectivity index (χ4v) is 8.25. The minimum Gasteiger partial charge on any atom is -0.488 e. The van der Waals surface area contributed by atoms with Gasteiger partial charge in [0.2, 0.25) is 0 Å². The van der Waals surface area contributed by atoms with Gasteiger partial charge in [-0.15, -0.1) is 11.3 Å². The van der Waals surface area contributed by atoms with Crippen molar-refractivity contribution in [1.29, 1.82) is 0 Å². The third-order valence-electron chi connectivity index (χ3n) is 6.75. The second-order valence-corrected chi connectivity index (χ2v) is 14.6. The van der Waals surface area contributed by atoms with E-state index in [1.165, 1.54) is 54.4 Å². The number of hydrogen-bond acceptors (Lipinski definition) is 10. The highest BCUT2D eigenvalue weighted by Gasteiger charge is 2.36. The van der Waals surface area contributed by atoms with Gasteiger partial charge in [-0.05, 0) is 50.4 Å². The minimum atomic E-state index is -4.08. The summed E-state index contributed by atoms with van der Waals surface area (Å²) in [7, 11) is -6.37. The number of aliphatic hydroxyl groups excluding tert-OH is 1. The quantitative estimate of drug-likeness (QED) is 0.370. The Balaban J connectivity index is 1.70. The lowest BCUT2D eigenvalue weighted by Gasteiger charge is -2.38. The number of aryl methyl sites for hydroxylation is 2. The number of aliphatic hydroxyl groups is 1. The Morgan fingerprint density at radius 2 is 1.98 bits per heavy atom. The first-order chi connectivity index (χ1) is 18.8. The van der Waals surface area contributed by atoms with Crippen molar-refractivity contribution in [3.63, 3.8) is 0 Å². The first kappa shape index (κ1) is 30.0. The van der Waals surface area contributed by atoms with Gasteiger partial charge in [0.1, 0.15) is 21.8 Å². The number of likely N-dealkylation sites (N-methyl/N-ethyl adjacent to an activating group) is 1. The summed E-state index contributed by atoms with van der Waals surface area (Å²) in [5.41, 5.74) is 0.367. The predicted octanol–water partition coefficient (Wildman–Crippen LogP) is 2.69. The van der Waals surface area contributed by atoms with Crippen molar-refractivity contribution in [2.24, 2.45) is 5.92 Å². The fourth-order valence-electron chi connectivity index (χ4n) is 4.48. The number of ether oxygens (including phenoxy) is 1. The van der Waals surface area contributed by atoms with Crippen LogP contribution in [0.3, 0.4) is 0 Å². The molecule has 0 radical (unpaired) electrons. The smallest absolute Gasteiger partial charge is 0.267 e. The number of aromatic nitrogens is 1. The number of anilines is 1. The maximum absolute atomic E-state index is 13.7. The molecular formula is C25H32N4O8S3. The van der Waals surface area contributed by atoms with E-state index in [9.17, 15) is 26.7 Å². The van der Waals surface area contributed by atoms with E-state index in [2.05, 4.69) is 9.88 Å². The van der Waals surface area contributed by atoms with Crippen LogP contribution in [0.1, 0.15) is 35.7 Å². The zero-order valence-electron chi connectivity index (χ0n) is 22.7. The molecular weight excluding hydrogens is 580 g/mol. The molecule has 12 nitrogen and oxygen atoms in total. The molecule has 4 rings (SSSR count). The largest absolute Gasteiger partial charge is 0.488 e. The molecule has 3 aromatic rings. The number of rotatable bonds is 9. The van der Waals surface area contributed by atoms with E-state index in [1.54, 1.807) is 18.4 Å². The molecule has 218 valence electrons. The first-order valence-electron chi connectivity index (χ1n) is 12.4. The van der Waals surface area contributed by atoms with Crippen LogP contribution in [0.5, 0.6) is 5.75 Å². The van der Waals surface area contributed by atoms with Crippen LogP contribution in [-0.2, 0) is 20.0 Å². The van der Waals surface area contributed by atoms with Gasteiger partial charge in [0.25, 0.3) is 26.0 Å². The molecule has 1 aliphatic heterocycles. The van der Waals surface area contributed by atoms with Gasteiger partial charge in [0.05, 0.1) is 24.8 Å². The summed E-state index contributed by atoms with van der Waals surface area (Å²) >= 11 is 1.11. The van der Waals surface area contributed by atoms with Gasteiger partial charge >= 0.3 is 0 Å². The average molecular weight is 613 g/mol. The SMILES string of the molecule is Cc1noc(C)c1S(=O)(=O)Nc1ccc2c(c1)C(=O)N([C@@H](C)CO)C[C@@H](C)[C@H](CN(C)S(=O)(=O)c1cccs1)O2. The Morgan fingerprint density at radius 3 is 2.58 bits per heavy atom. The fraction of sp³-hybridized carbons (Fsp3) is 0.440. The minimum absolute atomic E-state index is 0.00317. The molecule has 0 saturated heterocycles. The van der Waals surface area contributed by atoms with Crippen LogP contribution >= 0.6 is 11.3 Å². The topological polar surface area (TPSA) is 159 Å². The van der Waals surface area contributed by atoms with Gasteiger partial charge in [-0.25, -0.2) is 16.8 Å². The average Bonchev–Trinajstić information content (AvgIpc) is 3.56. The molecule has 0 saturated carbocycles. The lowest BCUT2D eigenvalue weighted by atomic mass is 9.99. The van der Waals surface area contributed by atoms with E-state index in [-0.39, 0.29) is 63.2 Å². The number of nitrogens with one attached hydrogen (secondary N) is 1. The third-order valence-corrected chi connectivity index (χ3v) is 11.6. The number of carbonyl (C=O) groups is 1. The predicted molar refractivity (Wildman–Crippen MR) is 149 cm³/mol. The van der Waals surface area contributed by atoms with Gasteiger partial charge in [-0.3, -0.25) is 9.52 Å². The number of amides is 1. The molecule has 3 heterocycles. The van der Waals surface area contributed by atoms with Crippen molar-refractivity contribution in [3.05, 3.63) is 52.7 Å². The molecule has 0 bridgehead atoms. The van der Waals surface area contributed by atoms with E-state index in [1.807, 2.05) is 6.92 Å². The maximum Gasteiger partial charge on any atom is 0.267 e. The van der Waals surface area contributed by atoms with Crippen molar-refractivity contribution in [2.75, 3.05) is 31.5 Å². The van der Waals surface area contributed by atoms with Gasteiger partial charge in [0.15, 0.2) is 10.7 Å². The molecule has 0 aliphatic carbocycles. The molecule has 0 spiro atoms. The van der Waals surface area contributed by atoms with Crippen LogP contribution in [0.25, 0.3) is 0 Å². The Bertz CT molecular complexity index is 1570. The standard InChI is InChI=1S/C25H32N4O8S3/c1-15-12-29(16(2)14-30)25(31)20-11-19(27-39(32,33)24-17(3)26-37-18(24)4)8-9-21(20)36-22(15)13-28(5)40(34,35)23-7-6-10-38-23/h6-11,15-16,22,27,30H,12-14H2,1-5H3/t15-,16+,22+/m1/s1. The molecule has 0 fully saturated rings. The number of hydrogen-bond donors (Lipinski definition) is 2. The number of sulfonamides is 2. The Hall–Kier alpha value is -2.98. The summed E-state index contributed by atoms with van der Waals surface area (Å²) in [6.45, 7) is 6.40. The molecule has 40 heavy (non-hydrogen) atoms. The normalized spacial score (nSPS) is 19.1. The number of nitrogens with zero attached hydrogens (tertiary/aromatic N) is 3. The first-order valence-corrected chi connectivity index (χ1v) is 16.2. The number of carbonyl (C=O) groups excluding carboxylic acids is 1. The second-order valence-electron chi connectivity index (χ2n) is 9.81. The highest BCUT2D eigenvalue weighted by Crippen LogP contribution is 2.32. The Morgan fingerprint density at radius 1 is 1.25 bits per heavy atom. The summed E-state index contributed by atoms with van der Waals surface area (Å²) < 4.78 is 67.4.